The Bertz CT molecular complexity index is 763. The van der Waals surface area contributed by atoms with E-state index in [9.17, 15) is 14.9 Å². The Morgan fingerprint density at radius 2 is 1.90 bits per heavy atom. The van der Waals surface area contributed by atoms with Gasteiger partial charge in [0.05, 0.1) is 23.7 Å². The Hall–Kier alpha value is -2.41. The van der Waals surface area contributed by atoms with Gasteiger partial charge in [0, 0.05) is 25.5 Å². The minimum atomic E-state index is -0.584. The van der Waals surface area contributed by atoms with E-state index in [1.807, 2.05) is 23.1 Å². The van der Waals surface area contributed by atoms with Crippen molar-refractivity contribution in [2.75, 3.05) is 31.2 Å². The van der Waals surface area contributed by atoms with Crippen molar-refractivity contribution in [1.82, 2.24) is 4.57 Å². The molecule has 0 radical (unpaired) electrons. The van der Waals surface area contributed by atoms with E-state index in [0.29, 0.717) is 42.9 Å². The Morgan fingerprint density at radius 3 is 2.57 bits per heavy atom. The van der Waals surface area contributed by atoms with Gasteiger partial charge < -0.3 is 14.2 Å². The lowest BCUT2D eigenvalue weighted by Gasteiger charge is -2.29. The number of para-hydroxylation sites is 1. The summed E-state index contributed by atoms with van der Waals surface area (Å²) in [6.07, 6.45) is 0. The average molecular weight is 289 g/mol. The molecule has 0 bridgehead atoms. The minimum Gasteiger partial charge on any atom is -0.378 e. The van der Waals surface area contributed by atoms with Gasteiger partial charge in [0.15, 0.2) is 0 Å². The van der Waals surface area contributed by atoms with Gasteiger partial charge in [-0.3, -0.25) is 14.9 Å². The first-order valence-corrected chi connectivity index (χ1v) is 6.70. The number of morpholine rings is 1. The molecule has 0 saturated carbocycles. The average Bonchev–Trinajstić information content (AvgIpc) is 2.51. The van der Waals surface area contributed by atoms with Crippen molar-refractivity contribution in [3.63, 3.8) is 0 Å². The van der Waals surface area contributed by atoms with Crippen molar-refractivity contribution in [2.24, 2.45) is 7.05 Å². The molecule has 1 saturated heterocycles. The molecular formula is C14H15N3O4. The van der Waals surface area contributed by atoms with Crippen LogP contribution in [0.5, 0.6) is 0 Å². The Balaban J connectivity index is 2.38. The van der Waals surface area contributed by atoms with E-state index in [1.54, 1.807) is 13.1 Å². The zero-order valence-corrected chi connectivity index (χ0v) is 11.6. The molecular weight excluding hydrogens is 274 g/mol. The number of rotatable bonds is 2. The third kappa shape index (κ3) is 2.15. The molecule has 7 heteroatoms. The molecule has 2 aromatic rings. The molecule has 0 aliphatic carbocycles. The summed E-state index contributed by atoms with van der Waals surface area (Å²) in [7, 11) is 1.56. The summed E-state index contributed by atoms with van der Waals surface area (Å²) in [5, 5.41) is 12.1. The molecule has 3 rings (SSSR count). The molecule has 1 aromatic heterocycles. The third-order valence-electron chi connectivity index (χ3n) is 3.76. The summed E-state index contributed by atoms with van der Waals surface area (Å²) in [6, 6.07) is 7.24. The summed E-state index contributed by atoms with van der Waals surface area (Å²) >= 11 is 0. The van der Waals surface area contributed by atoms with E-state index in [-0.39, 0.29) is 5.69 Å². The number of ether oxygens (including phenoxy) is 1. The van der Waals surface area contributed by atoms with Crippen molar-refractivity contribution in [2.45, 2.75) is 0 Å². The predicted octanol–water partition coefficient (Wildman–Crippen LogP) is 1.28. The summed E-state index contributed by atoms with van der Waals surface area (Å²) in [4.78, 5) is 25.0. The van der Waals surface area contributed by atoms with Crippen LogP contribution in [0.4, 0.5) is 11.4 Å². The highest BCUT2D eigenvalue weighted by Crippen LogP contribution is 2.33. The van der Waals surface area contributed by atoms with Crippen LogP contribution in [0.1, 0.15) is 0 Å². The maximum atomic E-state index is 12.4. The fourth-order valence-corrected chi connectivity index (χ4v) is 2.74. The number of nitro groups is 1. The molecule has 0 unspecified atom stereocenters. The van der Waals surface area contributed by atoms with Crippen molar-refractivity contribution < 1.29 is 9.66 Å². The zero-order chi connectivity index (χ0) is 15.0. The minimum absolute atomic E-state index is 0.363. The number of nitrogens with zero attached hydrogens (tertiary/aromatic N) is 3. The van der Waals surface area contributed by atoms with Gasteiger partial charge in [-0.25, -0.2) is 0 Å². The van der Waals surface area contributed by atoms with Crippen LogP contribution in [0, 0.1) is 10.1 Å². The molecule has 1 aliphatic heterocycles. The first-order chi connectivity index (χ1) is 10.1. The van der Waals surface area contributed by atoms with E-state index in [2.05, 4.69) is 0 Å². The monoisotopic (exact) mass is 289 g/mol. The van der Waals surface area contributed by atoms with Crippen molar-refractivity contribution in [3.8, 4) is 0 Å². The van der Waals surface area contributed by atoms with E-state index >= 15 is 0 Å². The van der Waals surface area contributed by atoms with Crippen LogP contribution in [0.15, 0.2) is 29.1 Å². The van der Waals surface area contributed by atoms with Crippen LogP contribution in [0.2, 0.25) is 0 Å². The number of pyridine rings is 1. The largest absolute Gasteiger partial charge is 0.378 e. The van der Waals surface area contributed by atoms with Crippen LogP contribution in [0.25, 0.3) is 10.9 Å². The number of benzene rings is 1. The molecule has 0 spiro atoms. The summed E-state index contributed by atoms with van der Waals surface area (Å²) in [5.41, 5.74) is 0.148. The predicted molar refractivity (Wildman–Crippen MR) is 78.9 cm³/mol. The van der Waals surface area contributed by atoms with Gasteiger partial charge in [-0.15, -0.1) is 0 Å². The van der Waals surface area contributed by atoms with Gasteiger partial charge in [0.25, 0.3) is 0 Å². The summed E-state index contributed by atoms with van der Waals surface area (Å²) < 4.78 is 6.62. The first kappa shape index (κ1) is 13.6. The number of hydrogen-bond donors (Lipinski definition) is 0. The second kappa shape index (κ2) is 5.17. The van der Waals surface area contributed by atoms with Crippen LogP contribution in [-0.2, 0) is 11.8 Å². The smallest absolute Gasteiger partial charge is 0.357 e. The van der Waals surface area contributed by atoms with E-state index in [1.165, 1.54) is 4.57 Å². The highest BCUT2D eigenvalue weighted by atomic mass is 16.6. The summed E-state index contributed by atoms with van der Waals surface area (Å²) in [5.74, 6) is 0. The van der Waals surface area contributed by atoms with Crippen LogP contribution >= 0.6 is 0 Å². The molecule has 1 fully saturated rings. The van der Waals surface area contributed by atoms with Gasteiger partial charge in [-0.1, -0.05) is 18.2 Å². The van der Waals surface area contributed by atoms with Crippen LogP contribution < -0.4 is 10.5 Å². The SMILES string of the molecule is Cn1c(=O)c([N+](=O)[O-])c(N2CCOCC2)c2ccccc21. The Morgan fingerprint density at radius 1 is 1.24 bits per heavy atom. The maximum Gasteiger partial charge on any atom is 0.357 e. The van der Waals surface area contributed by atoms with Gasteiger partial charge in [0.1, 0.15) is 5.69 Å². The van der Waals surface area contributed by atoms with Gasteiger partial charge >= 0.3 is 11.2 Å². The van der Waals surface area contributed by atoms with E-state index in [0.717, 1.165) is 0 Å². The topological polar surface area (TPSA) is 77.6 Å². The molecule has 0 N–H and O–H groups in total. The second-order valence-electron chi connectivity index (χ2n) is 4.94. The molecule has 1 aromatic carbocycles. The lowest BCUT2D eigenvalue weighted by Crippen LogP contribution is -2.38. The molecule has 0 amide bonds. The fraction of sp³-hybridized carbons (Fsp3) is 0.357. The van der Waals surface area contributed by atoms with Crippen molar-refractivity contribution in [1.29, 1.82) is 0 Å². The van der Waals surface area contributed by atoms with Gasteiger partial charge in [-0.2, -0.15) is 0 Å². The van der Waals surface area contributed by atoms with E-state index < -0.39 is 10.5 Å². The summed E-state index contributed by atoms with van der Waals surface area (Å²) in [6.45, 7) is 2.08. The lowest BCUT2D eigenvalue weighted by atomic mass is 10.1. The normalized spacial score (nSPS) is 15.4. The third-order valence-corrected chi connectivity index (χ3v) is 3.76. The number of aromatic nitrogens is 1. The fourth-order valence-electron chi connectivity index (χ4n) is 2.74. The first-order valence-electron chi connectivity index (χ1n) is 6.70. The number of anilines is 1. The van der Waals surface area contributed by atoms with Crippen molar-refractivity contribution in [3.05, 3.63) is 44.7 Å². The molecule has 21 heavy (non-hydrogen) atoms. The van der Waals surface area contributed by atoms with Gasteiger partial charge in [0.2, 0.25) is 0 Å². The Labute approximate surface area is 120 Å². The maximum absolute atomic E-state index is 12.4. The Kier molecular flexibility index (Phi) is 3.34. The molecule has 110 valence electrons. The van der Waals surface area contributed by atoms with Crippen LogP contribution in [0.3, 0.4) is 0 Å². The van der Waals surface area contributed by atoms with Gasteiger partial charge in [-0.05, 0) is 6.07 Å². The highest BCUT2D eigenvalue weighted by Gasteiger charge is 2.29. The van der Waals surface area contributed by atoms with Crippen LogP contribution in [-0.4, -0.2) is 35.8 Å². The lowest BCUT2D eigenvalue weighted by molar-refractivity contribution is -0.385. The van der Waals surface area contributed by atoms with Crippen molar-refractivity contribution >= 4 is 22.3 Å². The number of aryl methyl sites for hydroxylation is 1. The zero-order valence-electron chi connectivity index (χ0n) is 11.6. The molecule has 0 atom stereocenters. The number of hydrogen-bond acceptors (Lipinski definition) is 5. The second-order valence-corrected chi connectivity index (χ2v) is 4.94. The van der Waals surface area contributed by atoms with E-state index in [4.69, 9.17) is 4.74 Å². The number of fused-ring (bicyclic) bond motifs is 1. The molecule has 1 aliphatic rings. The highest BCUT2D eigenvalue weighted by molar-refractivity contribution is 5.96. The standard InChI is InChI=1S/C14H15N3O4/c1-15-11-5-3-2-4-10(11)12(13(14(15)18)17(19)20)16-6-8-21-9-7-16/h2-5H,6-9H2,1H3. The molecule has 7 nitrogen and oxygen atoms in total. The quantitative estimate of drug-likeness (QED) is 0.615. The molecule has 2 heterocycles.